The molecule has 1 amide bonds. The number of piperazine rings is 1. The van der Waals surface area contributed by atoms with Crippen LogP contribution in [0, 0.1) is 6.92 Å². The molecule has 0 aliphatic carbocycles. The molecule has 2 heterocycles. The minimum atomic E-state index is -0.499. The van der Waals surface area contributed by atoms with Crippen molar-refractivity contribution >= 4 is 50.7 Å². The Morgan fingerprint density at radius 3 is 2.73 bits per heavy atom. The first-order valence-electron chi connectivity index (χ1n) is 8.56. The van der Waals surface area contributed by atoms with Gasteiger partial charge < -0.3 is 19.0 Å². The van der Waals surface area contributed by atoms with Crippen LogP contribution in [0.1, 0.15) is 33.3 Å². The zero-order chi connectivity index (χ0) is 19.2. The molecule has 1 fully saturated rings. The molecule has 2 aromatic rings. The van der Waals surface area contributed by atoms with Gasteiger partial charge >= 0.3 is 6.09 Å². The molecular weight excluding hydrogens is 422 g/mol. The SMILES string of the molecule is Cc1c(Cl)cc2nc(N3CCN(C(=O)OC(C)(C)C)C[C@@H]3C)oc2c1Br. The predicted molar refractivity (Wildman–Crippen MR) is 106 cm³/mol. The number of nitrogens with zero attached hydrogens (tertiary/aromatic N) is 3. The first-order chi connectivity index (χ1) is 12.1. The summed E-state index contributed by atoms with van der Waals surface area (Å²) in [4.78, 5) is 20.7. The molecule has 0 spiro atoms. The highest BCUT2D eigenvalue weighted by atomic mass is 79.9. The van der Waals surface area contributed by atoms with Gasteiger partial charge in [0.1, 0.15) is 11.1 Å². The van der Waals surface area contributed by atoms with Gasteiger partial charge in [0.15, 0.2) is 5.58 Å². The summed E-state index contributed by atoms with van der Waals surface area (Å²) < 4.78 is 12.3. The molecule has 1 saturated heterocycles. The van der Waals surface area contributed by atoms with Crippen LogP contribution in [0.3, 0.4) is 0 Å². The molecule has 3 rings (SSSR count). The van der Waals surface area contributed by atoms with E-state index in [-0.39, 0.29) is 12.1 Å². The summed E-state index contributed by atoms with van der Waals surface area (Å²) in [5.41, 5.74) is 1.82. The number of aromatic nitrogens is 1. The Hall–Kier alpha value is -1.47. The molecule has 0 radical (unpaired) electrons. The maximum atomic E-state index is 12.3. The summed E-state index contributed by atoms with van der Waals surface area (Å²) in [7, 11) is 0. The number of benzene rings is 1. The van der Waals surface area contributed by atoms with Crippen LogP contribution in [0.4, 0.5) is 10.8 Å². The number of rotatable bonds is 1. The quantitative estimate of drug-likeness (QED) is 0.619. The average molecular weight is 445 g/mol. The third-order valence-electron chi connectivity index (χ3n) is 4.32. The normalized spacial score (nSPS) is 18.5. The molecule has 8 heteroatoms. The number of carbonyl (C=O) groups excluding carboxylic acids is 1. The van der Waals surface area contributed by atoms with Crippen LogP contribution in [0.25, 0.3) is 11.1 Å². The smallest absolute Gasteiger partial charge is 0.410 e. The third kappa shape index (κ3) is 3.78. The third-order valence-corrected chi connectivity index (χ3v) is 5.66. The van der Waals surface area contributed by atoms with Gasteiger partial charge in [0, 0.05) is 30.7 Å². The molecule has 26 heavy (non-hydrogen) atoms. The Balaban J connectivity index is 1.79. The molecule has 142 valence electrons. The predicted octanol–water partition coefficient (Wildman–Crippen LogP) is 5.00. The molecular formula is C18H23BrClN3O3. The summed E-state index contributed by atoms with van der Waals surface area (Å²) in [5.74, 6) is 0. The molecule has 1 aromatic carbocycles. The van der Waals surface area contributed by atoms with E-state index in [0.29, 0.717) is 41.8 Å². The zero-order valence-corrected chi connectivity index (χ0v) is 17.9. The summed E-state index contributed by atoms with van der Waals surface area (Å²) in [6, 6.07) is 2.41. The Bertz CT molecular complexity index is 846. The summed E-state index contributed by atoms with van der Waals surface area (Å²) in [5, 5.41) is 0.645. The number of ether oxygens (including phenoxy) is 1. The van der Waals surface area contributed by atoms with Gasteiger partial charge in [-0.05, 0) is 62.2 Å². The molecule has 6 nitrogen and oxygen atoms in total. The van der Waals surface area contributed by atoms with E-state index in [4.69, 9.17) is 20.8 Å². The maximum absolute atomic E-state index is 12.3. The first-order valence-corrected chi connectivity index (χ1v) is 9.73. The van der Waals surface area contributed by atoms with Gasteiger partial charge in [0.25, 0.3) is 6.01 Å². The van der Waals surface area contributed by atoms with Crippen LogP contribution in [0.2, 0.25) is 5.02 Å². The van der Waals surface area contributed by atoms with E-state index < -0.39 is 5.60 Å². The lowest BCUT2D eigenvalue weighted by molar-refractivity contribution is 0.0216. The van der Waals surface area contributed by atoms with Crippen molar-refractivity contribution in [2.24, 2.45) is 0 Å². The van der Waals surface area contributed by atoms with Crippen molar-refractivity contribution in [2.75, 3.05) is 24.5 Å². The van der Waals surface area contributed by atoms with E-state index in [0.717, 1.165) is 10.0 Å². The fraction of sp³-hybridized carbons (Fsp3) is 0.556. The number of oxazole rings is 1. The highest BCUT2D eigenvalue weighted by Gasteiger charge is 2.32. The second-order valence-electron chi connectivity index (χ2n) is 7.61. The van der Waals surface area contributed by atoms with Gasteiger partial charge in [-0.15, -0.1) is 0 Å². The van der Waals surface area contributed by atoms with Crippen LogP contribution in [0.5, 0.6) is 0 Å². The fourth-order valence-electron chi connectivity index (χ4n) is 2.94. The van der Waals surface area contributed by atoms with Gasteiger partial charge in [-0.2, -0.15) is 4.98 Å². The highest BCUT2D eigenvalue weighted by molar-refractivity contribution is 9.10. The lowest BCUT2D eigenvalue weighted by atomic mass is 10.2. The monoisotopic (exact) mass is 443 g/mol. The Labute approximate surface area is 166 Å². The van der Waals surface area contributed by atoms with Gasteiger partial charge in [-0.1, -0.05) is 11.6 Å². The Morgan fingerprint density at radius 1 is 1.42 bits per heavy atom. The Kier molecular flexibility index (Phi) is 5.14. The van der Waals surface area contributed by atoms with Crippen LogP contribution < -0.4 is 4.90 Å². The van der Waals surface area contributed by atoms with Crippen molar-refractivity contribution < 1.29 is 13.9 Å². The van der Waals surface area contributed by atoms with E-state index in [1.165, 1.54) is 0 Å². The van der Waals surface area contributed by atoms with Crippen LogP contribution >= 0.6 is 27.5 Å². The van der Waals surface area contributed by atoms with E-state index in [1.54, 1.807) is 4.90 Å². The van der Waals surface area contributed by atoms with E-state index >= 15 is 0 Å². The van der Waals surface area contributed by atoms with Crippen molar-refractivity contribution in [2.45, 2.75) is 46.3 Å². The van der Waals surface area contributed by atoms with Gasteiger partial charge in [-0.25, -0.2) is 4.79 Å². The first kappa shape index (κ1) is 19.3. The molecule has 1 aromatic heterocycles. The molecule has 0 saturated carbocycles. The Morgan fingerprint density at radius 2 is 2.12 bits per heavy atom. The van der Waals surface area contributed by atoms with Crippen LogP contribution in [-0.2, 0) is 4.74 Å². The average Bonchev–Trinajstić information content (AvgIpc) is 2.94. The van der Waals surface area contributed by atoms with Crippen LogP contribution in [0.15, 0.2) is 15.0 Å². The number of carbonyl (C=O) groups is 1. The number of hydrogen-bond acceptors (Lipinski definition) is 5. The number of hydrogen-bond donors (Lipinski definition) is 0. The van der Waals surface area contributed by atoms with Crippen molar-refractivity contribution in [1.82, 2.24) is 9.88 Å². The standard InChI is InChI=1S/C18H23BrClN3O3/c1-10-9-22(17(24)26-18(3,4)5)6-7-23(10)16-21-13-8-12(20)11(2)14(19)15(13)25-16/h8,10H,6-7,9H2,1-5H3/t10-/m0/s1. The van der Waals surface area contributed by atoms with E-state index in [1.807, 2.05) is 40.7 Å². The fourth-order valence-corrected chi connectivity index (χ4v) is 3.75. The molecule has 1 atom stereocenters. The van der Waals surface area contributed by atoms with E-state index in [9.17, 15) is 4.79 Å². The highest BCUT2D eigenvalue weighted by Crippen LogP contribution is 2.35. The molecule has 1 aliphatic heterocycles. The summed E-state index contributed by atoms with van der Waals surface area (Å²) in [6.45, 7) is 11.3. The molecule has 1 aliphatic rings. The molecule has 0 N–H and O–H groups in total. The van der Waals surface area contributed by atoms with Crippen molar-refractivity contribution in [3.05, 3.63) is 21.1 Å². The van der Waals surface area contributed by atoms with Gasteiger partial charge in [0.2, 0.25) is 0 Å². The number of halogens is 2. The molecule has 0 bridgehead atoms. The number of fused-ring (bicyclic) bond motifs is 1. The largest absolute Gasteiger partial charge is 0.444 e. The lowest BCUT2D eigenvalue weighted by Crippen LogP contribution is -2.54. The second kappa shape index (κ2) is 6.93. The topological polar surface area (TPSA) is 58.8 Å². The van der Waals surface area contributed by atoms with Crippen molar-refractivity contribution in [3.63, 3.8) is 0 Å². The number of amides is 1. The summed E-state index contributed by atoms with van der Waals surface area (Å²) in [6.07, 6.45) is -0.285. The van der Waals surface area contributed by atoms with Crippen LogP contribution in [-0.4, -0.2) is 47.3 Å². The minimum Gasteiger partial charge on any atom is -0.444 e. The van der Waals surface area contributed by atoms with Gasteiger partial charge in [0.05, 0.1) is 4.47 Å². The maximum Gasteiger partial charge on any atom is 0.410 e. The van der Waals surface area contributed by atoms with E-state index in [2.05, 4.69) is 25.8 Å². The molecule has 0 unspecified atom stereocenters. The lowest BCUT2D eigenvalue weighted by Gasteiger charge is -2.39. The zero-order valence-electron chi connectivity index (χ0n) is 15.6. The minimum absolute atomic E-state index is 0.0553. The number of anilines is 1. The second-order valence-corrected chi connectivity index (χ2v) is 8.81. The van der Waals surface area contributed by atoms with Crippen molar-refractivity contribution in [3.8, 4) is 0 Å². The van der Waals surface area contributed by atoms with Crippen molar-refractivity contribution in [1.29, 1.82) is 0 Å². The summed E-state index contributed by atoms with van der Waals surface area (Å²) >= 11 is 9.77. The van der Waals surface area contributed by atoms with Gasteiger partial charge in [-0.3, -0.25) is 0 Å².